The Morgan fingerprint density at radius 2 is 2.05 bits per heavy atom. The van der Waals surface area contributed by atoms with Crippen molar-refractivity contribution in [1.29, 1.82) is 0 Å². The molecule has 1 aliphatic rings. The molecule has 1 fully saturated rings. The summed E-state index contributed by atoms with van der Waals surface area (Å²) in [6.45, 7) is 0. The average Bonchev–Trinajstić information content (AvgIpc) is 2.47. The first-order chi connectivity index (χ1) is 10.0. The number of amides is 1. The van der Waals surface area contributed by atoms with Crippen molar-refractivity contribution in [3.8, 4) is 12.3 Å². The minimum Gasteiger partial charge on any atom is -0.291 e. The summed E-state index contributed by atoms with van der Waals surface area (Å²) in [5, 5.41) is 0. The summed E-state index contributed by atoms with van der Waals surface area (Å²) < 4.78 is 23.5. The van der Waals surface area contributed by atoms with Gasteiger partial charge in [0.05, 0.1) is 4.90 Å². The molecule has 1 heterocycles. The lowest BCUT2D eigenvalue weighted by Crippen LogP contribution is -2.48. The summed E-state index contributed by atoms with van der Waals surface area (Å²) in [6.07, 6.45) is 10.1. The molecule has 110 valence electrons. The van der Waals surface area contributed by atoms with E-state index in [1.54, 1.807) is 24.3 Å². The molecule has 5 nitrogen and oxygen atoms in total. The first-order valence-electron chi connectivity index (χ1n) is 6.50. The van der Waals surface area contributed by atoms with Crippen LogP contribution < -0.4 is 10.9 Å². The summed E-state index contributed by atoms with van der Waals surface area (Å²) in [7, 11) is -3.39. The van der Waals surface area contributed by atoms with Crippen LogP contribution in [0.15, 0.2) is 35.2 Å². The summed E-state index contributed by atoms with van der Waals surface area (Å²) in [5.74, 6) is 1.84. The molecule has 1 aromatic rings. The van der Waals surface area contributed by atoms with E-state index in [1.165, 1.54) is 0 Å². The molecular weight excluding hydrogens is 288 g/mol. The van der Waals surface area contributed by atoms with Crippen LogP contribution in [0, 0.1) is 12.3 Å². The van der Waals surface area contributed by atoms with Crippen LogP contribution >= 0.6 is 0 Å². The van der Waals surface area contributed by atoms with Gasteiger partial charge in [-0.25, -0.2) is 13.8 Å². The lowest BCUT2D eigenvalue weighted by atomic mass is 10.1. The summed E-state index contributed by atoms with van der Waals surface area (Å²) >= 11 is 0. The fourth-order valence-electron chi connectivity index (χ4n) is 1.95. The lowest BCUT2D eigenvalue weighted by molar-refractivity contribution is -0.123. The van der Waals surface area contributed by atoms with Gasteiger partial charge < -0.3 is 0 Å². The second kappa shape index (κ2) is 6.57. The van der Waals surface area contributed by atoms with Crippen molar-refractivity contribution in [2.24, 2.45) is 0 Å². The number of terminal acetylenes is 1. The Morgan fingerprint density at radius 1 is 1.33 bits per heavy atom. The van der Waals surface area contributed by atoms with Crippen molar-refractivity contribution in [3.05, 3.63) is 35.9 Å². The average molecular weight is 304 g/mol. The Hall–Kier alpha value is -2.10. The highest BCUT2D eigenvalue weighted by Crippen LogP contribution is 2.14. The van der Waals surface area contributed by atoms with Crippen LogP contribution in [-0.2, 0) is 14.6 Å². The van der Waals surface area contributed by atoms with Crippen LogP contribution in [0.1, 0.15) is 18.4 Å². The molecular formula is C15H16N2O3S. The van der Waals surface area contributed by atoms with Gasteiger partial charge in [0.1, 0.15) is 5.75 Å². The van der Waals surface area contributed by atoms with E-state index in [0.29, 0.717) is 6.42 Å². The second-order valence-electron chi connectivity index (χ2n) is 4.73. The molecule has 1 saturated heterocycles. The number of rotatable bonds is 4. The first-order valence-corrected chi connectivity index (χ1v) is 8.15. The zero-order valence-electron chi connectivity index (χ0n) is 11.4. The molecule has 1 atom stereocenters. The van der Waals surface area contributed by atoms with Crippen molar-refractivity contribution in [2.75, 3.05) is 5.75 Å². The van der Waals surface area contributed by atoms with Crippen LogP contribution in [0.3, 0.4) is 0 Å². The lowest BCUT2D eigenvalue weighted by Gasteiger charge is -2.20. The van der Waals surface area contributed by atoms with Gasteiger partial charge in [0, 0.05) is 12.5 Å². The highest BCUT2D eigenvalue weighted by Gasteiger charge is 2.14. The summed E-state index contributed by atoms with van der Waals surface area (Å²) in [5.41, 5.74) is 6.34. The zero-order chi connectivity index (χ0) is 15.3. The molecule has 1 amide bonds. The van der Waals surface area contributed by atoms with Gasteiger partial charge in [-0.1, -0.05) is 30.2 Å². The molecule has 1 aromatic carbocycles. The van der Waals surface area contributed by atoms with Gasteiger partial charge >= 0.3 is 0 Å². The largest absolute Gasteiger partial charge is 0.291 e. The smallest absolute Gasteiger partial charge is 0.234 e. The number of carbonyl (C=O) groups is 1. The third-order valence-electron chi connectivity index (χ3n) is 3.11. The minimum atomic E-state index is -3.39. The number of nitrogens with one attached hydrogen (secondary N) is 2. The topological polar surface area (TPSA) is 75.3 Å². The van der Waals surface area contributed by atoms with Gasteiger partial charge in [-0.3, -0.25) is 10.2 Å². The van der Waals surface area contributed by atoms with E-state index >= 15 is 0 Å². The van der Waals surface area contributed by atoms with Gasteiger partial charge in [-0.2, -0.15) is 0 Å². The molecule has 0 aromatic heterocycles. The Balaban J connectivity index is 2.03. The molecule has 2 N–H and O–H groups in total. The van der Waals surface area contributed by atoms with E-state index in [9.17, 15) is 13.2 Å². The van der Waals surface area contributed by atoms with Crippen molar-refractivity contribution in [3.63, 3.8) is 0 Å². The third kappa shape index (κ3) is 4.18. The van der Waals surface area contributed by atoms with Crippen LogP contribution in [0.5, 0.6) is 0 Å². The van der Waals surface area contributed by atoms with Gasteiger partial charge in [0.2, 0.25) is 5.91 Å². The number of hydrogen-bond donors (Lipinski definition) is 2. The van der Waals surface area contributed by atoms with Crippen LogP contribution in [0.25, 0.3) is 6.08 Å². The van der Waals surface area contributed by atoms with E-state index < -0.39 is 9.84 Å². The molecule has 6 heteroatoms. The maximum absolute atomic E-state index is 11.8. The molecule has 1 aliphatic heterocycles. The number of benzene rings is 1. The number of hydrogen-bond acceptors (Lipinski definition) is 4. The van der Waals surface area contributed by atoms with Crippen LogP contribution in [0.2, 0.25) is 0 Å². The Labute approximate surface area is 124 Å². The highest BCUT2D eigenvalue weighted by atomic mass is 32.2. The van der Waals surface area contributed by atoms with Crippen LogP contribution in [-0.4, -0.2) is 26.1 Å². The summed E-state index contributed by atoms with van der Waals surface area (Å²) in [4.78, 5) is 11.2. The standard InChI is InChI=1S/C15H16N2O3S/c1-2-11-21(19,20)14-8-4-12(5-9-14)3-6-13-7-10-15(18)17-16-13/h1,3-6,8-9,13,16H,7,10-11H2,(H,17,18)/b6-3+. The molecule has 21 heavy (non-hydrogen) atoms. The van der Waals surface area contributed by atoms with E-state index in [-0.39, 0.29) is 22.6 Å². The van der Waals surface area contributed by atoms with Crippen molar-refractivity contribution in [1.82, 2.24) is 10.9 Å². The maximum Gasteiger partial charge on any atom is 0.234 e. The quantitative estimate of drug-likeness (QED) is 0.810. The van der Waals surface area contributed by atoms with Gasteiger partial charge in [0.25, 0.3) is 0 Å². The number of sulfone groups is 1. The summed E-state index contributed by atoms with van der Waals surface area (Å²) in [6, 6.07) is 6.61. The van der Waals surface area contributed by atoms with Crippen molar-refractivity contribution in [2.45, 2.75) is 23.8 Å². The second-order valence-corrected chi connectivity index (χ2v) is 6.72. The predicted octanol–water partition coefficient (Wildman–Crippen LogP) is 0.890. The minimum absolute atomic E-state index is 0.0114. The Morgan fingerprint density at radius 3 is 2.62 bits per heavy atom. The van der Waals surface area contributed by atoms with Gasteiger partial charge in [0.15, 0.2) is 9.84 Å². The van der Waals surface area contributed by atoms with E-state index in [0.717, 1.165) is 12.0 Å². The van der Waals surface area contributed by atoms with E-state index in [4.69, 9.17) is 6.42 Å². The third-order valence-corrected chi connectivity index (χ3v) is 4.65. The number of carbonyl (C=O) groups excluding carboxylic acids is 1. The zero-order valence-corrected chi connectivity index (χ0v) is 12.2. The van der Waals surface area contributed by atoms with E-state index in [1.807, 2.05) is 12.2 Å². The highest BCUT2D eigenvalue weighted by molar-refractivity contribution is 7.91. The predicted molar refractivity (Wildman–Crippen MR) is 80.7 cm³/mol. The van der Waals surface area contributed by atoms with E-state index in [2.05, 4.69) is 16.8 Å². The maximum atomic E-state index is 11.8. The molecule has 0 radical (unpaired) electrons. The Bertz CT molecular complexity index is 675. The van der Waals surface area contributed by atoms with Gasteiger partial charge in [-0.15, -0.1) is 6.42 Å². The first kappa shape index (κ1) is 15.3. The molecule has 0 bridgehead atoms. The molecule has 1 unspecified atom stereocenters. The SMILES string of the molecule is C#CCS(=O)(=O)c1ccc(/C=C/C2CCC(=O)NN2)cc1. The fraction of sp³-hybridized carbons (Fsp3) is 0.267. The normalized spacial score (nSPS) is 19.2. The Kier molecular flexibility index (Phi) is 4.78. The molecule has 0 saturated carbocycles. The monoisotopic (exact) mass is 304 g/mol. The van der Waals surface area contributed by atoms with Crippen molar-refractivity contribution < 1.29 is 13.2 Å². The molecule has 0 aliphatic carbocycles. The van der Waals surface area contributed by atoms with Crippen molar-refractivity contribution >= 4 is 21.8 Å². The molecule has 0 spiro atoms. The molecule has 2 rings (SSSR count). The fourth-order valence-corrected chi connectivity index (χ4v) is 2.88. The number of hydrazine groups is 1. The van der Waals surface area contributed by atoms with Gasteiger partial charge in [-0.05, 0) is 24.1 Å². The van der Waals surface area contributed by atoms with Crippen LogP contribution in [0.4, 0.5) is 0 Å².